The van der Waals surface area contributed by atoms with Crippen LogP contribution in [0.15, 0.2) is 30.9 Å². The molecule has 0 aromatic heterocycles. The Hall–Kier alpha value is -1.77. The van der Waals surface area contributed by atoms with E-state index in [1.165, 1.54) is 0 Å². The lowest BCUT2D eigenvalue weighted by atomic mass is 10.1. The number of para-hydroxylation sites is 1. The fourth-order valence-electron chi connectivity index (χ4n) is 1.92. The van der Waals surface area contributed by atoms with E-state index in [-0.39, 0.29) is 0 Å². The zero-order chi connectivity index (χ0) is 12.8. The molecule has 0 aliphatic carbocycles. The number of anilines is 1. The number of hydrogen-bond acceptors (Lipinski definition) is 2. The van der Waals surface area contributed by atoms with E-state index in [0.717, 1.165) is 30.6 Å². The van der Waals surface area contributed by atoms with Gasteiger partial charge < -0.3 is 10.0 Å². The molecule has 0 unspecified atom stereocenters. The third kappa shape index (κ3) is 3.34. The highest BCUT2D eigenvalue weighted by molar-refractivity contribution is 5.95. The molecule has 17 heavy (non-hydrogen) atoms. The molecule has 0 aliphatic rings. The Kier molecular flexibility index (Phi) is 4.76. The second-order valence-electron chi connectivity index (χ2n) is 4.13. The Morgan fingerprint density at radius 2 is 2.24 bits per heavy atom. The van der Waals surface area contributed by atoms with Gasteiger partial charge in [0.25, 0.3) is 0 Å². The fourth-order valence-corrected chi connectivity index (χ4v) is 1.92. The number of aryl methyl sites for hydroxylation is 1. The van der Waals surface area contributed by atoms with E-state index in [0.29, 0.717) is 5.56 Å². The third-order valence-electron chi connectivity index (χ3n) is 2.75. The van der Waals surface area contributed by atoms with Crippen molar-refractivity contribution in [3.05, 3.63) is 42.0 Å². The standard InChI is InChI=1S/C14H19NO2/c1-4-5-6-10-15(3)13-11(2)8-7-9-12(13)14(16)17/h4,7-9H,1,5-6,10H2,2-3H3,(H,16,17). The van der Waals surface area contributed by atoms with E-state index in [9.17, 15) is 4.79 Å². The first-order valence-corrected chi connectivity index (χ1v) is 5.73. The maximum absolute atomic E-state index is 11.2. The van der Waals surface area contributed by atoms with Crippen molar-refractivity contribution >= 4 is 11.7 Å². The minimum absolute atomic E-state index is 0.367. The molecule has 1 aromatic carbocycles. The molecule has 1 aromatic rings. The topological polar surface area (TPSA) is 40.5 Å². The van der Waals surface area contributed by atoms with E-state index in [2.05, 4.69) is 6.58 Å². The molecule has 3 heteroatoms. The fraction of sp³-hybridized carbons (Fsp3) is 0.357. The van der Waals surface area contributed by atoms with Crippen molar-refractivity contribution in [2.45, 2.75) is 19.8 Å². The van der Waals surface area contributed by atoms with Crippen molar-refractivity contribution in [1.29, 1.82) is 0 Å². The normalized spacial score (nSPS) is 10.0. The molecule has 0 amide bonds. The van der Waals surface area contributed by atoms with Gasteiger partial charge in [0.05, 0.1) is 11.3 Å². The van der Waals surface area contributed by atoms with Crippen molar-refractivity contribution < 1.29 is 9.90 Å². The van der Waals surface area contributed by atoms with E-state index in [4.69, 9.17) is 5.11 Å². The van der Waals surface area contributed by atoms with Crippen molar-refractivity contribution in [2.75, 3.05) is 18.5 Å². The highest BCUT2D eigenvalue weighted by Gasteiger charge is 2.14. The van der Waals surface area contributed by atoms with Crippen molar-refractivity contribution in [3.8, 4) is 0 Å². The Bertz CT molecular complexity index is 413. The summed E-state index contributed by atoms with van der Waals surface area (Å²) in [6.45, 7) is 6.45. The van der Waals surface area contributed by atoms with Crippen LogP contribution < -0.4 is 4.90 Å². The number of aromatic carboxylic acids is 1. The first-order chi connectivity index (χ1) is 8.07. The summed E-state index contributed by atoms with van der Waals surface area (Å²) >= 11 is 0. The van der Waals surface area contributed by atoms with Crippen LogP contribution in [0.4, 0.5) is 5.69 Å². The number of carboxylic acids is 1. The Morgan fingerprint density at radius 1 is 1.53 bits per heavy atom. The van der Waals surface area contributed by atoms with Gasteiger partial charge in [0.2, 0.25) is 0 Å². The summed E-state index contributed by atoms with van der Waals surface area (Å²) in [6.07, 6.45) is 3.80. The molecule has 0 saturated carbocycles. The van der Waals surface area contributed by atoms with Gasteiger partial charge >= 0.3 is 5.97 Å². The Morgan fingerprint density at radius 3 is 2.82 bits per heavy atom. The predicted octanol–water partition coefficient (Wildman–Crippen LogP) is 3.10. The third-order valence-corrected chi connectivity index (χ3v) is 2.75. The first-order valence-electron chi connectivity index (χ1n) is 5.73. The first kappa shape index (κ1) is 13.3. The molecule has 3 nitrogen and oxygen atoms in total. The average molecular weight is 233 g/mol. The number of rotatable bonds is 6. The van der Waals surface area contributed by atoms with Crippen LogP contribution in [0.1, 0.15) is 28.8 Å². The van der Waals surface area contributed by atoms with E-state index in [1.54, 1.807) is 12.1 Å². The van der Waals surface area contributed by atoms with Crippen LogP contribution in [0.3, 0.4) is 0 Å². The molecule has 0 atom stereocenters. The van der Waals surface area contributed by atoms with Crippen LogP contribution in [0.5, 0.6) is 0 Å². The van der Waals surface area contributed by atoms with Crippen molar-refractivity contribution in [1.82, 2.24) is 0 Å². The van der Waals surface area contributed by atoms with Crippen LogP contribution >= 0.6 is 0 Å². The second-order valence-corrected chi connectivity index (χ2v) is 4.13. The minimum Gasteiger partial charge on any atom is -0.478 e. The van der Waals surface area contributed by atoms with Gasteiger partial charge in [0.1, 0.15) is 0 Å². The monoisotopic (exact) mass is 233 g/mol. The van der Waals surface area contributed by atoms with Crippen molar-refractivity contribution in [2.24, 2.45) is 0 Å². The molecule has 0 bridgehead atoms. The molecule has 0 heterocycles. The lowest BCUT2D eigenvalue weighted by Crippen LogP contribution is -2.22. The minimum atomic E-state index is -0.876. The molecular weight excluding hydrogens is 214 g/mol. The van der Waals surface area contributed by atoms with Crippen LogP contribution in [0.25, 0.3) is 0 Å². The summed E-state index contributed by atoms with van der Waals surface area (Å²) in [4.78, 5) is 13.2. The van der Waals surface area contributed by atoms with Gasteiger partial charge in [0.15, 0.2) is 0 Å². The molecular formula is C14H19NO2. The predicted molar refractivity (Wildman–Crippen MR) is 70.8 cm³/mol. The van der Waals surface area contributed by atoms with Gasteiger partial charge in [-0.05, 0) is 31.4 Å². The largest absolute Gasteiger partial charge is 0.478 e. The number of carbonyl (C=O) groups is 1. The summed E-state index contributed by atoms with van der Waals surface area (Å²) in [6, 6.07) is 5.36. The van der Waals surface area contributed by atoms with Crippen LogP contribution in [0, 0.1) is 6.92 Å². The van der Waals surface area contributed by atoms with Gasteiger partial charge in [-0.3, -0.25) is 0 Å². The Labute approximate surface area is 102 Å². The molecule has 0 radical (unpaired) electrons. The Balaban J connectivity index is 2.94. The van der Waals surface area contributed by atoms with Gasteiger partial charge in [-0.15, -0.1) is 6.58 Å². The van der Waals surface area contributed by atoms with Crippen LogP contribution in [-0.4, -0.2) is 24.7 Å². The van der Waals surface area contributed by atoms with Gasteiger partial charge in [0, 0.05) is 13.6 Å². The van der Waals surface area contributed by atoms with E-state index in [1.807, 2.05) is 31.0 Å². The lowest BCUT2D eigenvalue weighted by molar-refractivity contribution is 0.0697. The quantitative estimate of drug-likeness (QED) is 0.606. The molecule has 1 N–H and O–H groups in total. The highest BCUT2D eigenvalue weighted by Crippen LogP contribution is 2.24. The van der Waals surface area contributed by atoms with Gasteiger partial charge in [-0.25, -0.2) is 4.79 Å². The number of hydrogen-bond donors (Lipinski definition) is 1. The lowest BCUT2D eigenvalue weighted by Gasteiger charge is -2.23. The maximum Gasteiger partial charge on any atom is 0.337 e. The SMILES string of the molecule is C=CCCCN(C)c1c(C)cccc1C(=O)O. The van der Waals surface area contributed by atoms with E-state index < -0.39 is 5.97 Å². The second kappa shape index (κ2) is 6.09. The summed E-state index contributed by atoms with van der Waals surface area (Å²) in [7, 11) is 1.93. The molecule has 0 spiro atoms. The van der Waals surface area contributed by atoms with Gasteiger partial charge in [-0.1, -0.05) is 18.2 Å². The van der Waals surface area contributed by atoms with Crippen molar-refractivity contribution in [3.63, 3.8) is 0 Å². The maximum atomic E-state index is 11.2. The molecule has 0 saturated heterocycles. The summed E-state index contributed by atoms with van der Waals surface area (Å²) in [5, 5.41) is 9.17. The smallest absolute Gasteiger partial charge is 0.337 e. The molecule has 0 fully saturated rings. The molecule has 1 rings (SSSR count). The van der Waals surface area contributed by atoms with E-state index >= 15 is 0 Å². The number of nitrogens with zero attached hydrogens (tertiary/aromatic N) is 1. The van der Waals surface area contributed by atoms with Crippen LogP contribution in [0.2, 0.25) is 0 Å². The average Bonchev–Trinajstić information content (AvgIpc) is 2.28. The summed E-state index contributed by atoms with van der Waals surface area (Å²) in [5.74, 6) is -0.876. The molecule has 0 aliphatic heterocycles. The number of allylic oxidation sites excluding steroid dienone is 1. The summed E-state index contributed by atoms with van der Waals surface area (Å²) < 4.78 is 0. The zero-order valence-electron chi connectivity index (χ0n) is 10.4. The zero-order valence-corrected chi connectivity index (χ0v) is 10.4. The van der Waals surface area contributed by atoms with Gasteiger partial charge in [-0.2, -0.15) is 0 Å². The highest BCUT2D eigenvalue weighted by atomic mass is 16.4. The van der Waals surface area contributed by atoms with Crippen LogP contribution in [-0.2, 0) is 0 Å². The summed E-state index contributed by atoms with van der Waals surface area (Å²) in [5.41, 5.74) is 2.17. The number of benzene rings is 1. The number of unbranched alkanes of at least 4 members (excludes halogenated alkanes) is 1. The number of carboxylic acid groups (broad SMARTS) is 1. The molecule has 92 valence electrons.